The van der Waals surface area contributed by atoms with Crippen LogP contribution in [0.3, 0.4) is 0 Å². The van der Waals surface area contributed by atoms with Crippen LogP contribution in [0.1, 0.15) is 5.56 Å². The summed E-state index contributed by atoms with van der Waals surface area (Å²) in [5, 5.41) is 1.28. The summed E-state index contributed by atoms with van der Waals surface area (Å²) in [7, 11) is 0. The maximum atomic E-state index is 5.02. The van der Waals surface area contributed by atoms with Crippen LogP contribution in [-0.2, 0) is 0 Å². The van der Waals surface area contributed by atoms with E-state index in [2.05, 4.69) is 94.0 Å². The lowest BCUT2D eigenvalue weighted by molar-refractivity contribution is 1.26. The Labute approximate surface area is 153 Å². The van der Waals surface area contributed by atoms with Crippen LogP contribution in [0, 0.1) is 6.92 Å². The molecule has 3 heteroatoms. The van der Waals surface area contributed by atoms with Gasteiger partial charge >= 0.3 is 0 Å². The van der Waals surface area contributed by atoms with Crippen LogP contribution in [0.2, 0.25) is 0 Å². The first-order chi connectivity index (χ1) is 12.2. The maximum absolute atomic E-state index is 5.02. The zero-order chi connectivity index (χ0) is 17.0. The summed E-state index contributed by atoms with van der Waals surface area (Å²) in [5.74, 6) is 0. The van der Waals surface area contributed by atoms with Gasteiger partial charge in [-0.05, 0) is 42.8 Å². The molecule has 2 nitrogen and oxygen atoms in total. The molecular weight excluding hydrogens is 372 g/mol. The first-order valence-electron chi connectivity index (χ1n) is 8.28. The minimum atomic E-state index is 1.01. The highest BCUT2D eigenvalue weighted by Gasteiger charge is 2.17. The van der Waals surface area contributed by atoms with Gasteiger partial charge in [-0.3, -0.25) is 0 Å². The molecule has 2 aromatic heterocycles. The Bertz CT molecular complexity index is 1250. The van der Waals surface area contributed by atoms with Gasteiger partial charge in [-0.25, -0.2) is 4.98 Å². The fraction of sp³-hybridized carbons (Fsp3) is 0.0455. The third kappa shape index (κ3) is 2.12. The second-order valence-corrected chi connectivity index (χ2v) is 7.20. The molecule has 0 aliphatic heterocycles. The van der Waals surface area contributed by atoms with Crippen LogP contribution in [0.15, 0.2) is 77.3 Å². The Hall–Kier alpha value is -2.65. The zero-order valence-corrected chi connectivity index (χ0v) is 15.3. The lowest BCUT2D eigenvalue weighted by Crippen LogP contribution is -1.96. The Balaban J connectivity index is 2.05. The first-order valence-corrected chi connectivity index (χ1v) is 9.08. The van der Waals surface area contributed by atoms with Gasteiger partial charge in [-0.15, -0.1) is 0 Å². The molecule has 3 aromatic carbocycles. The van der Waals surface area contributed by atoms with E-state index in [1.54, 1.807) is 0 Å². The summed E-state index contributed by atoms with van der Waals surface area (Å²) in [6, 6.07) is 25.3. The molecule has 0 bridgehead atoms. The van der Waals surface area contributed by atoms with E-state index in [0.29, 0.717) is 0 Å². The summed E-state index contributed by atoms with van der Waals surface area (Å²) in [5.41, 5.74) is 7.99. The van der Waals surface area contributed by atoms with Gasteiger partial charge in [-0.1, -0.05) is 58.4 Å². The van der Waals surface area contributed by atoms with Crippen LogP contribution in [0.5, 0.6) is 0 Å². The molecule has 0 aliphatic carbocycles. The molecular formula is C22H15BrN2. The van der Waals surface area contributed by atoms with Crippen molar-refractivity contribution in [3.05, 3.63) is 82.8 Å². The highest BCUT2D eigenvalue weighted by atomic mass is 79.9. The average molecular weight is 387 g/mol. The number of benzene rings is 3. The van der Waals surface area contributed by atoms with Crippen LogP contribution in [0.25, 0.3) is 38.7 Å². The second-order valence-electron chi connectivity index (χ2n) is 6.28. The van der Waals surface area contributed by atoms with Gasteiger partial charge < -0.3 is 4.40 Å². The molecule has 0 atom stereocenters. The quantitative estimate of drug-likeness (QED) is 0.326. The molecule has 25 heavy (non-hydrogen) atoms. The number of fused-ring (bicyclic) bond motifs is 5. The van der Waals surface area contributed by atoms with Gasteiger partial charge in [0.2, 0.25) is 0 Å². The van der Waals surface area contributed by atoms with E-state index in [9.17, 15) is 0 Å². The van der Waals surface area contributed by atoms with Gasteiger partial charge in [0.05, 0.1) is 27.8 Å². The minimum absolute atomic E-state index is 1.01. The molecule has 5 rings (SSSR count). The van der Waals surface area contributed by atoms with Gasteiger partial charge in [0.25, 0.3) is 0 Å². The molecule has 0 unspecified atom stereocenters. The monoisotopic (exact) mass is 386 g/mol. The Morgan fingerprint density at radius 3 is 2.28 bits per heavy atom. The number of aryl methyl sites for hydroxylation is 1. The SMILES string of the molecule is Cc1c2ccccc2n2c1c(-c1ccc(Br)cc1)nc1ccccc12. The van der Waals surface area contributed by atoms with E-state index in [1.807, 2.05) is 6.07 Å². The summed E-state index contributed by atoms with van der Waals surface area (Å²) >= 11 is 3.52. The van der Waals surface area contributed by atoms with Gasteiger partial charge in [0.1, 0.15) is 0 Å². The molecule has 0 saturated carbocycles. The number of halogens is 1. The number of hydrogen-bond donors (Lipinski definition) is 0. The van der Waals surface area contributed by atoms with E-state index >= 15 is 0 Å². The molecule has 0 radical (unpaired) electrons. The smallest absolute Gasteiger partial charge is 0.0953 e. The molecule has 5 aromatic rings. The molecule has 0 aliphatic rings. The fourth-order valence-corrected chi connectivity index (χ4v) is 3.93. The minimum Gasteiger partial charge on any atom is -0.305 e. The molecule has 0 amide bonds. The largest absolute Gasteiger partial charge is 0.305 e. The highest BCUT2D eigenvalue weighted by molar-refractivity contribution is 9.10. The normalized spacial score (nSPS) is 11.6. The van der Waals surface area contributed by atoms with E-state index < -0.39 is 0 Å². The van der Waals surface area contributed by atoms with Crippen molar-refractivity contribution in [1.29, 1.82) is 0 Å². The molecule has 0 spiro atoms. The van der Waals surface area contributed by atoms with Gasteiger partial charge in [-0.2, -0.15) is 0 Å². The van der Waals surface area contributed by atoms with Crippen LogP contribution in [-0.4, -0.2) is 9.38 Å². The van der Waals surface area contributed by atoms with Crippen molar-refractivity contribution in [2.45, 2.75) is 6.92 Å². The molecule has 0 fully saturated rings. The Morgan fingerprint density at radius 1 is 0.800 bits per heavy atom. The number of nitrogens with zero attached hydrogens (tertiary/aromatic N) is 2. The third-order valence-corrected chi connectivity index (χ3v) is 5.35. The van der Waals surface area contributed by atoms with Crippen molar-refractivity contribution >= 4 is 43.4 Å². The van der Waals surface area contributed by atoms with Gasteiger partial charge in [0, 0.05) is 15.4 Å². The Morgan fingerprint density at radius 2 is 1.48 bits per heavy atom. The van der Waals surface area contributed by atoms with Crippen molar-refractivity contribution < 1.29 is 0 Å². The third-order valence-electron chi connectivity index (χ3n) is 4.82. The highest BCUT2D eigenvalue weighted by Crippen LogP contribution is 2.35. The van der Waals surface area contributed by atoms with E-state index in [1.165, 1.54) is 22.0 Å². The van der Waals surface area contributed by atoms with Crippen molar-refractivity contribution in [3.8, 4) is 11.3 Å². The topological polar surface area (TPSA) is 17.3 Å². The van der Waals surface area contributed by atoms with Gasteiger partial charge in [0.15, 0.2) is 0 Å². The number of aromatic nitrogens is 2. The van der Waals surface area contributed by atoms with Crippen molar-refractivity contribution in [3.63, 3.8) is 0 Å². The number of hydrogen-bond acceptors (Lipinski definition) is 1. The van der Waals surface area contributed by atoms with E-state index in [-0.39, 0.29) is 0 Å². The Kier molecular flexibility index (Phi) is 3.19. The summed E-state index contributed by atoms with van der Waals surface area (Å²) < 4.78 is 3.43. The molecule has 0 saturated heterocycles. The van der Waals surface area contributed by atoms with E-state index in [4.69, 9.17) is 4.98 Å². The van der Waals surface area contributed by atoms with Crippen LogP contribution in [0.4, 0.5) is 0 Å². The fourth-order valence-electron chi connectivity index (χ4n) is 3.67. The summed E-state index contributed by atoms with van der Waals surface area (Å²) in [4.78, 5) is 5.02. The lowest BCUT2D eigenvalue weighted by atomic mass is 10.1. The second kappa shape index (κ2) is 5.43. The maximum Gasteiger partial charge on any atom is 0.0953 e. The lowest BCUT2D eigenvalue weighted by Gasteiger charge is -2.10. The van der Waals surface area contributed by atoms with Crippen molar-refractivity contribution in [1.82, 2.24) is 9.38 Å². The van der Waals surface area contributed by atoms with Crippen molar-refractivity contribution in [2.75, 3.05) is 0 Å². The number of para-hydroxylation sites is 3. The molecule has 120 valence electrons. The van der Waals surface area contributed by atoms with Crippen LogP contribution < -0.4 is 0 Å². The summed E-state index contributed by atoms with van der Waals surface area (Å²) in [6.45, 7) is 2.19. The average Bonchev–Trinajstić information content (AvgIpc) is 2.96. The van der Waals surface area contributed by atoms with E-state index in [0.717, 1.165) is 26.8 Å². The molecule has 2 heterocycles. The summed E-state index contributed by atoms with van der Waals surface area (Å²) in [6.07, 6.45) is 0. The zero-order valence-electron chi connectivity index (χ0n) is 13.7. The number of rotatable bonds is 1. The predicted molar refractivity (Wildman–Crippen MR) is 108 cm³/mol. The molecule has 0 N–H and O–H groups in total. The van der Waals surface area contributed by atoms with Crippen molar-refractivity contribution in [2.24, 2.45) is 0 Å². The first kappa shape index (κ1) is 14.7. The van der Waals surface area contributed by atoms with Crippen LogP contribution >= 0.6 is 15.9 Å². The predicted octanol–water partition coefficient (Wildman–Crippen LogP) is 6.38. The standard InChI is InChI=1S/C22H15BrN2/c1-14-17-6-2-4-8-19(17)25-20-9-5-3-7-18(20)24-21(22(14)25)15-10-12-16(23)13-11-15/h2-13H,1H3.